The van der Waals surface area contributed by atoms with Crippen LogP contribution in [0, 0.1) is 0 Å². The summed E-state index contributed by atoms with van der Waals surface area (Å²) in [4.78, 5) is 24.0. The van der Waals surface area contributed by atoms with Crippen LogP contribution in [-0.4, -0.2) is 11.6 Å². The fraction of sp³-hybridized carbons (Fsp3) is 0. The van der Waals surface area contributed by atoms with E-state index in [4.69, 9.17) is 23.2 Å². The Morgan fingerprint density at radius 2 is 1.11 bits per heavy atom. The van der Waals surface area contributed by atoms with Crippen LogP contribution in [0.1, 0.15) is 20.7 Å². The lowest BCUT2D eigenvalue weighted by molar-refractivity contribution is 0.0987. The van der Waals surface area contributed by atoms with E-state index in [1.165, 1.54) is 0 Å². The van der Waals surface area contributed by atoms with Crippen molar-refractivity contribution in [2.45, 2.75) is 0 Å². The third-order valence-electron chi connectivity index (χ3n) is 2.97. The van der Waals surface area contributed by atoms with Crippen molar-refractivity contribution in [1.82, 2.24) is 0 Å². The number of halogens is 2. The second kappa shape index (κ2) is 3.94. The Bertz CT molecular complexity index is 682. The monoisotopic (exact) mass is 276 g/mol. The predicted octanol–water partition coefficient (Wildman–Crippen LogP) is 3.91. The number of allylic oxidation sites excluding steroid dienone is 2. The maximum absolute atomic E-state index is 12.0. The summed E-state index contributed by atoms with van der Waals surface area (Å²) in [5.74, 6) is -0.802. The summed E-state index contributed by atoms with van der Waals surface area (Å²) >= 11 is 11.5. The molecule has 0 aliphatic heterocycles. The van der Waals surface area contributed by atoms with Crippen LogP contribution in [-0.2, 0) is 0 Å². The first-order valence-electron chi connectivity index (χ1n) is 5.27. The molecule has 2 aromatic rings. The molecule has 2 nitrogen and oxygen atoms in total. The molecule has 0 atom stereocenters. The van der Waals surface area contributed by atoms with Gasteiger partial charge in [0.05, 0.1) is 0 Å². The molecular weight excluding hydrogens is 271 g/mol. The lowest BCUT2D eigenvalue weighted by Crippen LogP contribution is -2.17. The molecule has 0 fully saturated rings. The molecule has 1 aliphatic rings. The van der Waals surface area contributed by atoms with E-state index >= 15 is 0 Å². The van der Waals surface area contributed by atoms with E-state index in [2.05, 4.69) is 0 Å². The van der Waals surface area contributed by atoms with Gasteiger partial charge in [0.1, 0.15) is 10.1 Å². The standard InChI is InChI=1S/C14H6Cl2O2/c15-11-12(16)14(18)10-6-8-4-2-1-3-7(8)5-9(10)13(11)17/h1-6H. The van der Waals surface area contributed by atoms with Crippen molar-refractivity contribution in [3.05, 3.63) is 57.6 Å². The van der Waals surface area contributed by atoms with E-state index in [0.29, 0.717) is 11.1 Å². The van der Waals surface area contributed by atoms with Crippen LogP contribution in [0.25, 0.3) is 10.8 Å². The molecule has 0 bridgehead atoms. The van der Waals surface area contributed by atoms with Crippen LogP contribution in [0.5, 0.6) is 0 Å². The fourth-order valence-electron chi connectivity index (χ4n) is 2.05. The molecule has 0 spiro atoms. The Morgan fingerprint density at radius 3 is 1.50 bits per heavy atom. The first-order chi connectivity index (χ1) is 8.59. The van der Waals surface area contributed by atoms with Crippen molar-refractivity contribution in [2.24, 2.45) is 0 Å². The number of fused-ring (bicyclic) bond motifs is 2. The highest BCUT2D eigenvalue weighted by atomic mass is 35.5. The lowest BCUT2D eigenvalue weighted by Gasteiger charge is -2.14. The van der Waals surface area contributed by atoms with E-state index < -0.39 is 11.6 Å². The molecular formula is C14H6Cl2O2. The summed E-state index contributed by atoms with van der Waals surface area (Å²) in [7, 11) is 0. The van der Waals surface area contributed by atoms with Crippen LogP contribution < -0.4 is 0 Å². The summed E-state index contributed by atoms with van der Waals surface area (Å²) in [6.07, 6.45) is 0. The van der Waals surface area contributed by atoms with Gasteiger partial charge in [0.15, 0.2) is 0 Å². The molecule has 0 heterocycles. The summed E-state index contributed by atoms with van der Waals surface area (Å²) in [6, 6.07) is 10.8. The van der Waals surface area contributed by atoms with Gasteiger partial charge in [-0.05, 0) is 22.9 Å². The van der Waals surface area contributed by atoms with Crippen LogP contribution in [0.4, 0.5) is 0 Å². The zero-order valence-electron chi connectivity index (χ0n) is 9.04. The third kappa shape index (κ3) is 1.50. The highest BCUT2D eigenvalue weighted by Crippen LogP contribution is 2.32. The minimum atomic E-state index is -0.401. The van der Waals surface area contributed by atoms with E-state index in [9.17, 15) is 9.59 Å². The Morgan fingerprint density at radius 1 is 0.722 bits per heavy atom. The van der Waals surface area contributed by atoms with E-state index in [1.54, 1.807) is 12.1 Å². The van der Waals surface area contributed by atoms with Crippen LogP contribution >= 0.6 is 23.2 Å². The van der Waals surface area contributed by atoms with Crippen LogP contribution in [0.2, 0.25) is 0 Å². The van der Waals surface area contributed by atoms with Gasteiger partial charge in [-0.3, -0.25) is 9.59 Å². The van der Waals surface area contributed by atoms with Crippen LogP contribution in [0.3, 0.4) is 0 Å². The van der Waals surface area contributed by atoms with Crippen molar-refractivity contribution in [3.8, 4) is 0 Å². The zero-order chi connectivity index (χ0) is 12.9. The second-order valence-corrected chi connectivity index (χ2v) is 4.79. The largest absolute Gasteiger partial charge is 0.288 e. The van der Waals surface area contributed by atoms with Gasteiger partial charge in [0, 0.05) is 11.1 Å². The van der Waals surface area contributed by atoms with Gasteiger partial charge >= 0.3 is 0 Å². The summed E-state index contributed by atoms with van der Waals surface area (Å²) in [5, 5.41) is 1.37. The van der Waals surface area contributed by atoms with E-state index in [-0.39, 0.29) is 10.1 Å². The molecule has 0 N–H and O–H groups in total. The number of rotatable bonds is 0. The highest BCUT2D eigenvalue weighted by molar-refractivity contribution is 6.59. The molecule has 0 amide bonds. The summed E-state index contributed by atoms with van der Waals surface area (Å²) in [5.41, 5.74) is 0.626. The number of carbonyl (C=O) groups is 2. The lowest BCUT2D eigenvalue weighted by atomic mass is 9.91. The Labute approximate surface area is 113 Å². The number of carbonyl (C=O) groups excluding carboxylic acids is 2. The minimum absolute atomic E-state index is 0.204. The number of benzene rings is 2. The van der Waals surface area contributed by atoms with Gasteiger partial charge in [-0.15, -0.1) is 0 Å². The van der Waals surface area contributed by atoms with Crippen molar-refractivity contribution >= 4 is 45.5 Å². The zero-order valence-corrected chi connectivity index (χ0v) is 10.5. The normalized spacial score (nSPS) is 15.2. The molecule has 1 aliphatic carbocycles. The Kier molecular flexibility index (Phi) is 2.51. The van der Waals surface area contributed by atoms with Crippen LogP contribution in [0.15, 0.2) is 46.5 Å². The Balaban J connectivity index is 2.38. The van der Waals surface area contributed by atoms with Crippen molar-refractivity contribution < 1.29 is 9.59 Å². The average molecular weight is 277 g/mol. The molecule has 88 valence electrons. The second-order valence-electron chi connectivity index (χ2n) is 4.03. The van der Waals surface area contributed by atoms with Crippen molar-refractivity contribution in [2.75, 3.05) is 0 Å². The molecule has 0 saturated heterocycles. The van der Waals surface area contributed by atoms with Gasteiger partial charge in [-0.2, -0.15) is 0 Å². The predicted molar refractivity (Wildman–Crippen MR) is 71.3 cm³/mol. The fourth-order valence-corrected chi connectivity index (χ4v) is 2.43. The molecule has 2 aromatic carbocycles. The third-order valence-corrected chi connectivity index (χ3v) is 3.78. The summed E-state index contributed by atoms with van der Waals surface area (Å²) < 4.78 is 0. The van der Waals surface area contributed by atoms with Gasteiger partial charge in [0.2, 0.25) is 11.6 Å². The molecule has 3 rings (SSSR count). The van der Waals surface area contributed by atoms with Crippen molar-refractivity contribution in [1.29, 1.82) is 0 Å². The van der Waals surface area contributed by atoms with Gasteiger partial charge < -0.3 is 0 Å². The summed E-state index contributed by atoms with van der Waals surface area (Å²) in [6.45, 7) is 0. The van der Waals surface area contributed by atoms with Gasteiger partial charge in [-0.25, -0.2) is 0 Å². The molecule has 0 radical (unpaired) electrons. The highest BCUT2D eigenvalue weighted by Gasteiger charge is 2.30. The number of ketones is 2. The molecule has 0 saturated carbocycles. The molecule has 4 heteroatoms. The maximum atomic E-state index is 12.0. The SMILES string of the molecule is O=C1C(Cl)=C(Cl)C(=O)c2cc3ccccc3cc21. The first-order valence-corrected chi connectivity index (χ1v) is 6.02. The van der Waals surface area contributed by atoms with E-state index in [0.717, 1.165) is 10.8 Å². The smallest absolute Gasteiger partial charge is 0.206 e. The molecule has 0 unspecified atom stereocenters. The topological polar surface area (TPSA) is 34.1 Å². The van der Waals surface area contributed by atoms with Crippen molar-refractivity contribution in [3.63, 3.8) is 0 Å². The van der Waals surface area contributed by atoms with Gasteiger partial charge in [0.25, 0.3) is 0 Å². The number of hydrogen-bond donors (Lipinski definition) is 0. The molecule has 0 aromatic heterocycles. The number of Topliss-reactive ketones (excluding diaryl/α,β-unsaturated/α-hetero) is 2. The van der Waals surface area contributed by atoms with E-state index in [1.807, 2.05) is 24.3 Å². The maximum Gasteiger partial charge on any atom is 0.206 e. The quantitative estimate of drug-likeness (QED) is 0.731. The molecule has 18 heavy (non-hydrogen) atoms. The van der Waals surface area contributed by atoms with Gasteiger partial charge in [-0.1, -0.05) is 47.5 Å². The Hall–Kier alpha value is -1.64. The average Bonchev–Trinajstić information content (AvgIpc) is 2.41. The number of hydrogen-bond acceptors (Lipinski definition) is 2. The first kappa shape index (κ1) is 11.5. The minimum Gasteiger partial charge on any atom is -0.288 e.